The van der Waals surface area contributed by atoms with E-state index in [1.165, 1.54) is 0 Å². The van der Waals surface area contributed by atoms with E-state index in [1.807, 2.05) is 61.7 Å². The highest BCUT2D eigenvalue weighted by molar-refractivity contribution is 5.96. The van der Waals surface area contributed by atoms with Crippen molar-refractivity contribution in [2.45, 2.75) is 19.3 Å². The number of anilines is 1. The third kappa shape index (κ3) is 3.88. The normalized spacial score (nSPS) is 11.8. The molecule has 0 unspecified atom stereocenters. The Morgan fingerprint density at radius 1 is 1.20 bits per heavy atom. The van der Waals surface area contributed by atoms with Gasteiger partial charge in [0.15, 0.2) is 0 Å². The lowest BCUT2D eigenvalue weighted by Gasteiger charge is -2.16. The van der Waals surface area contributed by atoms with E-state index in [2.05, 4.69) is 15.5 Å². The minimum absolute atomic E-state index is 0.0215. The third-order valence-corrected chi connectivity index (χ3v) is 4.20. The van der Waals surface area contributed by atoms with Crippen LogP contribution >= 0.6 is 0 Å². The molecule has 3 rings (SSSR count). The van der Waals surface area contributed by atoms with Crippen LogP contribution in [0.4, 0.5) is 5.69 Å². The van der Waals surface area contributed by atoms with Crippen molar-refractivity contribution in [2.24, 2.45) is 0 Å². The molecule has 1 aromatic heterocycles. The van der Waals surface area contributed by atoms with E-state index in [0.717, 1.165) is 28.1 Å². The minimum Gasteiger partial charge on any atom is -0.497 e. The second kappa shape index (κ2) is 7.66. The molecule has 0 fully saturated rings. The number of carbonyl (C=O) groups is 1. The zero-order chi connectivity index (χ0) is 17.6. The van der Waals surface area contributed by atoms with Gasteiger partial charge < -0.3 is 10.1 Å². The quantitative estimate of drug-likeness (QED) is 0.709. The van der Waals surface area contributed by atoms with Crippen molar-refractivity contribution in [3.8, 4) is 16.9 Å². The second-order valence-corrected chi connectivity index (χ2v) is 5.79. The van der Waals surface area contributed by atoms with Crippen LogP contribution in [0, 0.1) is 0 Å². The van der Waals surface area contributed by atoms with Gasteiger partial charge >= 0.3 is 0 Å². The molecular formula is C20H21N3O2. The molecule has 5 heteroatoms. The molecule has 1 amide bonds. The number of aromatic nitrogens is 2. The second-order valence-electron chi connectivity index (χ2n) is 5.79. The lowest BCUT2D eigenvalue weighted by molar-refractivity contribution is -0.117. The summed E-state index contributed by atoms with van der Waals surface area (Å²) in [5, 5.41) is 9.74. The highest BCUT2D eigenvalue weighted by Crippen LogP contribution is 2.26. The van der Waals surface area contributed by atoms with Gasteiger partial charge in [-0.2, -0.15) is 5.10 Å². The molecule has 1 heterocycles. The Balaban J connectivity index is 1.73. The number of rotatable bonds is 6. The van der Waals surface area contributed by atoms with Crippen molar-refractivity contribution >= 4 is 11.6 Å². The Bertz CT molecular complexity index is 826. The molecule has 25 heavy (non-hydrogen) atoms. The van der Waals surface area contributed by atoms with E-state index in [-0.39, 0.29) is 11.8 Å². The Morgan fingerprint density at radius 2 is 2.00 bits per heavy atom. The van der Waals surface area contributed by atoms with Gasteiger partial charge in [-0.15, -0.1) is 0 Å². The maximum atomic E-state index is 12.7. The molecule has 0 aliphatic rings. The molecule has 0 aliphatic heterocycles. The Labute approximate surface area is 147 Å². The van der Waals surface area contributed by atoms with Gasteiger partial charge in [-0.25, -0.2) is 0 Å². The molecule has 5 nitrogen and oxygen atoms in total. The van der Waals surface area contributed by atoms with Gasteiger partial charge in [-0.05, 0) is 41.8 Å². The van der Waals surface area contributed by atoms with E-state index in [9.17, 15) is 4.79 Å². The predicted molar refractivity (Wildman–Crippen MR) is 98.7 cm³/mol. The lowest BCUT2D eigenvalue weighted by atomic mass is 9.95. The van der Waals surface area contributed by atoms with E-state index in [1.54, 1.807) is 13.3 Å². The molecule has 0 saturated carbocycles. The van der Waals surface area contributed by atoms with Gasteiger partial charge in [-0.3, -0.25) is 9.89 Å². The summed E-state index contributed by atoms with van der Waals surface area (Å²) in [4.78, 5) is 12.7. The highest BCUT2D eigenvalue weighted by atomic mass is 16.5. The summed E-state index contributed by atoms with van der Waals surface area (Å²) in [6.45, 7) is 2.01. The zero-order valence-electron chi connectivity index (χ0n) is 14.3. The molecule has 128 valence electrons. The number of carbonyl (C=O) groups excluding carboxylic acids is 1. The van der Waals surface area contributed by atoms with Gasteiger partial charge in [-0.1, -0.05) is 31.2 Å². The van der Waals surface area contributed by atoms with E-state index >= 15 is 0 Å². The largest absolute Gasteiger partial charge is 0.497 e. The molecule has 0 aliphatic carbocycles. The fourth-order valence-corrected chi connectivity index (χ4v) is 2.81. The van der Waals surface area contributed by atoms with Crippen LogP contribution in [0.3, 0.4) is 0 Å². The smallest absolute Gasteiger partial charge is 0.231 e. The molecule has 0 radical (unpaired) electrons. The van der Waals surface area contributed by atoms with Gasteiger partial charge in [0.25, 0.3) is 0 Å². The van der Waals surface area contributed by atoms with Crippen LogP contribution < -0.4 is 10.1 Å². The molecule has 2 aromatic carbocycles. The topological polar surface area (TPSA) is 67.0 Å². The van der Waals surface area contributed by atoms with Gasteiger partial charge in [0.05, 0.1) is 19.2 Å². The van der Waals surface area contributed by atoms with Crippen molar-refractivity contribution in [1.29, 1.82) is 0 Å². The van der Waals surface area contributed by atoms with E-state index in [0.29, 0.717) is 6.42 Å². The summed E-state index contributed by atoms with van der Waals surface area (Å²) in [7, 11) is 1.63. The minimum atomic E-state index is -0.219. The third-order valence-electron chi connectivity index (χ3n) is 4.20. The maximum Gasteiger partial charge on any atom is 0.231 e. The van der Waals surface area contributed by atoms with Crippen LogP contribution in [0.25, 0.3) is 11.1 Å². The first kappa shape index (κ1) is 16.8. The number of nitrogens with one attached hydrogen (secondary N) is 2. The summed E-state index contributed by atoms with van der Waals surface area (Å²) in [6.07, 6.45) is 4.32. The van der Waals surface area contributed by atoms with Crippen LogP contribution in [0.5, 0.6) is 5.75 Å². The molecular weight excluding hydrogens is 314 g/mol. The zero-order valence-corrected chi connectivity index (χ0v) is 14.3. The van der Waals surface area contributed by atoms with Crippen molar-refractivity contribution < 1.29 is 9.53 Å². The van der Waals surface area contributed by atoms with Crippen LogP contribution in [0.1, 0.15) is 24.8 Å². The predicted octanol–water partition coefficient (Wildman–Crippen LogP) is 4.22. The summed E-state index contributed by atoms with van der Waals surface area (Å²) in [5.41, 5.74) is 3.79. The van der Waals surface area contributed by atoms with E-state index in [4.69, 9.17) is 4.74 Å². The van der Waals surface area contributed by atoms with Crippen molar-refractivity contribution in [1.82, 2.24) is 10.2 Å². The number of hydrogen-bond acceptors (Lipinski definition) is 3. The molecule has 0 bridgehead atoms. The van der Waals surface area contributed by atoms with Gasteiger partial charge in [0.1, 0.15) is 5.75 Å². The Hall–Kier alpha value is -3.08. The first-order valence-corrected chi connectivity index (χ1v) is 8.25. The molecule has 1 atom stereocenters. The molecule has 3 aromatic rings. The average Bonchev–Trinajstić information content (AvgIpc) is 3.18. The van der Waals surface area contributed by atoms with Crippen LogP contribution in [0.15, 0.2) is 60.9 Å². The lowest BCUT2D eigenvalue weighted by Crippen LogP contribution is -2.20. The van der Waals surface area contributed by atoms with Gasteiger partial charge in [0.2, 0.25) is 5.91 Å². The van der Waals surface area contributed by atoms with Gasteiger partial charge in [0, 0.05) is 17.4 Å². The average molecular weight is 335 g/mol. The summed E-state index contributed by atoms with van der Waals surface area (Å²) < 4.78 is 5.26. The number of ether oxygens (including phenoxy) is 1. The Morgan fingerprint density at radius 3 is 2.64 bits per heavy atom. The monoisotopic (exact) mass is 335 g/mol. The summed E-state index contributed by atoms with van der Waals surface area (Å²) in [5.74, 6) is 0.517. The number of H-pyrrole nitrogens is 1. The number of hydrogen-bond donors (Lipinski definition) is 2. The highest BCUT2D eigenvalue weighted by Gasteiger charge is 2.19. The van der Waals surface area contributed by atoms with Crippen molar-refractivity contribution in [3.63, 3.8) is 0 Å². The Kier molecular flexibility index (Phi) is 5.14. The van der Waals surface area contributed by atoms with Crippen molar-refractivity contribution in [3.05, 3.63) is 66.5 Å². The van der Waals surface area contributed by atoms with Crippen LogP contribution in [-0.4, -0.2) is 23.2 Å². The van der Waals surface area contributed by atoms with Crippen LogP contribution in [-0.2, 0) is 4.79 Å². The standard InChI is InChI=1S/C20H21N3O2/c1-3-19(15-5-4-6-18(11-15)25-2)20(24)23-17-9-7-14(8-10-17)16-12-21-22-13-16/h4-13,19H,3H2,1-2H3,(H,21,22)(H,23,24)/t19-/m0/s1. The number of methoxy groups -OCH3 is 1. The molecule has 0 saturated heterocycles. The summed E-state index contributed by atoms with van der Waals surface area (Å²) in [6, 6.07) is 15.4. The first-order valence-electron chi connectivity index (χ1n) is 8.25. The molecule has 2 N–H and O–H groups in total. The number of nitrogens with zero attached hydrogens (tertiary/aromatic N) is 1. The fraction of sp³-hybridized carbons (Fsp3) is 0.200. The SMILES string of the molecule is CC[C@H](C(=O)Nc1ccc(-c2cn[nH]c2)cc1)c1cccc(OC)c1. The van der Waals surface area contributed by atoms with Crippen LogP contribution in [0.2, 0.25) is 0 Å². The van der Waals surface area contributed by atoms with E-state index < -0.39 is 0 Å². The maximum absolute atomic E-state index is 12.7. The first-order chi connectivity index (χ1) is 12.2. The number of aromatic amines is 1. The molecule has 0 spiro atoms. The number of benzene rings is 2. The fourth-order valence-electron chi connectivity index (χ4n) is 2.81. The number of amides is 1. The summed E-state index contributed by atoms with van der Waals surface area (Å²) >= 11 is 0. The van der Waals surface area contributed by atoms with Crippen molar-refractivity contribution in [2.75, 3.05) is 12.4 Å².